The summed E-state index contributed by atoms with van der Waals surface area (Å²) >= 11 is 9.55. The first-order chi connectivity index (χ1) is 42.1. The van der Waals surface area contributed by atoms with Crippen molar-refractivity contribution in [3.8, 4) is 44.9 Å². The first-order valence-corrected chi connectivity index (χ1v) is 31.0. The minimum atomic E-state index is -0.424. The molecular weight excluding hydrogens is 1110 g/mol. The van der Waals surface area contributed by atoms with Gasteiger partial charge in [-0.25, -0.2) is 4.98 Å². The zero-order valence-electron chi connectivity index (χ0n) is 47.8. The Balaban J connectivity index is 0.000000119. The van der Waals surface area contributed by atoms with Gasteiger partial charge in [0.1, 0.15) is 5.15 Å². The predicted molar refractivity (Wildman–Crippen MR) is 366 cm³/mol. The number of pyridine rings is 2. The van der Waals surface area contributed by atoms with E-state index in [1.807, 2.05) is 35.7 Å². The molecule has 86 heavy (non-hydrogen) atoms. The van der Waals surface area contributed by atoms with E-state index in [2.05, 4.69) is 278 Å². The summed E-state index contributed by atoms with van der Waals surface area (Å²) in [6, 6.07) is 90.2. The second-order valence-electron chi connectivity index (χ2n) is 22.7. The standard InChI is InChI=1S/C35H22N2S.C30H28BNO2.C11H6ClNS/c1-2-16-28(34-35-29(21-22-36-34)27-15-6-10-20-33(27)38-35)23(11-1)24-12-3-7-17-30(24)37-31-18-8-4-13-25(31)26-14-5-9-19-32(26)37;1-29(2)30(3,4)34-31(33-29)25-17-9-5-13-21(25)22-14-6-10-18-26(22)32-27-19-11-7-15-23(27)24-16-8-12-20-28(24)32;12-11-10-8(5-6-13-11)7-3-1-2-4-9(7)14-10/h1-22H;5-20H,1-4H3;1-6H. The molecule has 17 rings (SSSR count). The van der Waals surface area contributed by atoms with E-state index in [9.17, 15) is 0 Å². The van der Waals surface area contributed by atoms with Gasteiger partial charge in [0.25, 0.3) is 0 Å². The molecule has 1 aliphatic heterocycles. The molecule has 0 amide bonds. The van der Waals surface area contributed by atoms with Gasteiger partial charge in [-0.05, 0) is 105 Å². The highest BCUT2D eigenvalue weighted by molar-refractivity contribution is 7.26. The van der Waals surface area contributed by atoms with Gasteiger partial charge in [0.2, 0.25) is 0 Å². The van der Waals surface area contributed by atoms with Crippen LogP contribution in [-0.4, -0.2) is 37.4 Å². The SMILES string of the molecule is CC1(C)OB(c2ccccc2-c2ccccc2-n2c3ccccc3c3ccccc32)OC1(C)C.Clc1nccc2c1sc1ccccc12.c1ccc(-c2nccc3c2sc2ccccc23)c(-c2ccccc2-n2c3ccccc3c3ccccc32)c1. The summed E-state index contributed by atoms with van der Waals surface area (Å²) < 4.78 is 22.6. The van der Waals surface area contributed by atoms with Gasteiger partial charge in [0.05, 0.1) is 59.7 Å². The minimum Gasteiger partial charge on any atom is -0.399 e. The van der Waals surface area contributed by atoms with Crippen molar-refractivity contribution >= 4 is 131 Å². The number of fused-ring (bicyclic) bond motifs is 12. The van der Waals surface area contributed by atoms with Gasteiger partial charge in [0, 0.05) is 81.6 Å². The quantitative estimate of drug-likeness (QED) is 0.123. The fourth-order valence-electron chi connectivity index (χ4n) is 12.5. The van der Waals surface area contributed by atoms with Gasteiger partial charge in [-0.2, -0.15) is 0 Å². The molecule has 7 heterocycles. The van der Waals surface area contributed by atoms with Gasteiger partial charge in [-0.1, -0.05) is 206 Å². The van der Waals surface area contributed by atoms with Gasteiger partial charge < -0.3 is 18.4 Å². The van der Waals surface area contributed by atoms with Crippen LogP contribution < -0.4 is 5.46 Å². The van der Waals surface area contributed by atoms with Gasteiger partial charge in [-0.15, -0.1) is 22.7 Å². The second-order valence-corrected chi connectivity index (χ2v) is 25.2. The van der Waals surface area contributed by atoms with Crippen molar-refractivity contribution < 1.29 is 9.31 Å². The molecule has 6 aromatic heterocycles. The van der Waals surface area contributed by atoms with E-state index in [1.165, 1.54) is 96.1 Å². The Morgan fingerprint density at radius 3 is 1.22 bits per heavy atom. The number of para-hydroxylation sites is 6. The Bertz CT molecular complexity index is 5150. The molecule has 0 saturated carbocycles. The predicted octanol–water partition coefficient (Wildman–Crippen LogP) is 20.7. The average molecular weight is 1170 g/mol. The summed E-state index contributed by atoms with van der Waals surface area (Å²) in [5, 5.41) is 10.7. The van der Waals surface area contributed by atoms with Crippen LogP contribution in [0.15, 0.2) is 267 Å². The lowest BCUT2D eigenvalue weighted by atomic mass is 9.74. The lowest BCUT2D eigenvalue weighted by Gasteiger charge is -2.32. The van der Waals surface area contributed by atoms with Crippen molar-refractivity contribution in [2.24, 2.45) is 0 Å². The van der Waals surface area contributed by atoms with E-state index in [-0.39, 0.29) is 0 Å². The molecule has 0 bridgehead atoms. The maximum Gasteiger partial charge on any atom is 0.495 e. The highest BCUT2D eigenvalue weighted by Crippen LogP contribution is 2.45. The number of halogens is 1. The van der Waals surface area contributed by atoms with Crippen LogP contribution in [0.4, 0.5) is 0 Å². The van der Waals surface area contributed by atoms with Gasteiger partial charge >= 0.3 is 7.12 Å². The van der Waals surface area contributed by atoms with E-state index in [1.54, 1.807) is 17.5 Å². The maximum absolute atomic E-state index is 6.45. The lowest BCUT2D eigenvalue weighted by Crippen LogP contribution is -2.41. The third-order valence-electron chi connectivity index (χ3n) is 17.2. The van der Waals surface area contributed by atoms with Gasteiger partial charge in [-0.3, -0.25) is 4.98 Å². The largest absolute Gasteiger partial charge is 0.495 e. The van der Waals surface area contributed by atoms with Crippen LogP contribution in [0.2, 0.25) is 5.15 Å². The smallest absolute Gasteiger partial charge is 0.399 e. The van der Waals surface area contributed by atoms with Crippen LogP contribution in [0.5, 0.6) is 0 Å². The molecule has 0 radical (unpaired) electrons. The topological polar surface area (TPSA) is 54.1 Å². The van der Waals surface area contributed by atoms with Crippen molar-refractivity contribution in [1.29, 1.82) is 0 Å². The first-order valence-electron chi connectivity index (χ1n) is 29.0. The Morgan fingerprint density at radius 2 is 0.709 bits per heavy atom. The number of rotatable bonds is 6. The van der Waals surface area contributed by atoms with Crippen LogP contribution >= 0.6 is 34.3 Å². The Labute approximate surface area is 511 Å². The summed E-state index contributed by atoms with van der Waals surface area (Å²) in [5.74, 6) is 0. The molecular formula is C76H56BClN4O2S2. The van der Waals surface area contributed by atoms with Crippen LogP contribution in [0.1, 0.15) is 27.7 Å². The molecule has 6 nitrogen and oxygen atoms in total. The van der Waals surface area contributed by atoms with Crippen LogP contribution in [-0.2, 0) is 9.31 Å². The van der Waals surface area contributed by atoms with E-state index >= 15 is 0 Å². The zero-order valence-corrected chi connectivity index (χ0v) is 50.2. The summed E-state index contributed by atoms with van der Waals surface area (Å²) in [6.45, 7) is 8.40. The normalized spacial score (nSPS) is 13.7. The second kappa shape index (κ2) is 21.7. The number of aromatic nitrogens is 4. The molecule has 10 heteroatoms. The fraction of sp³-hybridized carbons (Fsp3) is 0.0789. The summed E-state index contributed by atoms with van der Waals surface area (Å²) in [7, 11) is -0.424. The molecule has 1 aliphatic rings. The highest BCUT2D eigenvalue weighted by atomic mass is 35.5. The number of benzene rings is 10. The van der Waals surface area contributed by atoms with Gasteiger partial charge in [0.15, 0.2) is 0 Å². The number of hydrogen-bond acceptors (Lipinski definition) is 6. The summed E-state index contributed by atoms with van der Waals surface area (Å²) in [6.07, 6.45) is 3.70. The Kier molecular flexibility index (Phi) is 13.5. The number of hydrogen-bond donors (Lipinski definition) is 0. The first kappa shape index (κ1) is 53.5. The number of nitrogens with zero attached hydrogens (tertiary/aromatic N) is 4. The third kappa shape index (κ3) is 9.09. The highest BCUT2D eigenvalue weighted by Gasteiger charge is 2.52. The molecule has 10 aromatic carbocycles. The fourth-order valence-corrected chi connectivity index (χ4v) is 15.0. The van der Waals surface area contributed by atoms with E-state index in [4.69, 9.17) is 25.9 Å². The Hall–Kier alpha value is -9.19. The minimum absolute atomic E-state index is 0.392. The van der Waals surface area contributed by atoms with Crippen molar-refractivity contribution in [3.05, 3.63) is 272 Å². The molecule has 16 aromatic rings. The monoisotopic (exact) mass is 1170 g/mol. The summed E-state index contributed by atoms with van der Waals surface area (Å²) in [5.41, 5.74) is 14.2. The van der Waals surface area contributed by atoms with E-state index in [0.717, 1.165) is 38.2 Å². The van der Waals surface area contributed by atoms with Crippen molar-refractivity contribution in [3.63, 3.8) is 0 Å². The molecule has 0 atom stereocenters. The van der Waals surface area contributed by atoms with Crippen LogP contribution in [0, 0.1) is 0 Å². The van der Waals surface area contributed by atoms with Crippen LogP contribution in [0.3, 0.4) is 0 Å². The van der Waals surface area contributed by atoms with E-state index < -0.39 is 18.3 Å². The molecule has 0 unspecified atom stereocenters. The average Bonchev–Trinajstić information content (AvgIpc) is 2.00. The molecule has 0 N–H and O–H groups in total. The Morgan fingerprint density at radius 1 is 0.349 bits per heavy atom. The maximum atomic E-state index is 6.45. The molecule has 414 valence electrons. The summed E-state index contributed by atoms with van der Waals surface area (Å²) in [4.78, 5) is 9.03. The van der Waals surface area contributed by atoms with Crippen molar-refractivity contribution in [2.45, 2.75) is 38.9 Å². The van der Waals surface area contributed by atoms with Crippen molar-refractivity contribution in [1.82, 2.24) is 19.1 Å². The molecule has 0 aliphatic carbocycles. The molecule has 0 spiro atoms. The zero-order chi connectivity index (χ0) is 58.1. The van der Waals surface area contributed by atoms with E-state index in [0.29, 0.717) is 5.15 Å². The van der Waals surface area contributed by atoms with Crippen molar-refractivity contribution in [2.75, 3.05) is 0 Å². The third-order valence-corrected chi connectivity index (χ3v) is 20.0. The lowest BCUT2D eigenvalue weighted by molar-refractivity contribution is 0.00578. The molecule has 1 saturated heterocycles. The van der Waals surface area contributed by atoms with Crippen LogP contribution in [0.25, 0.3) is 129 Å². The molecule has 1 fully saturated rings. The number of thiophene rings is 2.